The van der Waals surface area contributed by atoms with E-state index in [0.29, 0.717) is 0 Å². The summed E-state index contributed by atoms with van der Waals surface area (Å²) in [7, 11) is 0. The summed E-state index contributed by atoms with van der Waals surface area (Å²) < 4.78 is 0. The molecule has 0 heterocycles. The Hall–Kier alpha value is 0.0600. The van der Waals surface area contributed by atoms with Gasteiger partial charge in [-0.05, 0) is 0 Å². The van der Waals surface area contributed by atoms with Crippen molar-refractivity contribution < 1.29 is 23.3 Å². The van der Waals surface area contributed by atoms with E-state index in [1.807, 2.05) is 64.8 Å². The second-order valence-corrected chi connectivity index (χ2v) is 3.16. The van der Waals surface area contributed by atoms with E-state index in [0.717, 1.165) is 12.8 Å². The first-order valence-corrected chi connectivity index (χ1v) is 10.2. The van der Waals surface area contributed by atoms with Crippen LogP contribution in [0.2, 0.25) is 0 Å². The molecule has 0 atom stereocenters. The van der Waals surface area contributed by atoms with E-state index in [4.69, 9.17) is 0 Å². The topological polar surface area (TPSA) is 0 Å². The summed E-state index contributed by atoms with van der Waals surface area (Å²) in [5.41, 5.74) is 0. The Kier molecular flexibility index (Phi) is 39.0. The molecule has 0 aromatic heterocycles. The Balaban J connectivity index is -0.000000165. The predicted molar refractivity (Wildman–Crippen MR) is 80.2 cm³/mol. The second kappa shape index (κ2) is 30.3. The van der Waals surface area contributed by atoms with Crippen LogP contribution in [0.25, 0.3) is 0 Å². The van der Waals surface area contributed by atoms with Gasteiger partial charge in [0.1, 0.15) is 0 Å². The van der Waals surface area contributed by atoms with Crippen LogP contribution in [0.3, 0.4) is 0 Å². The zero-order valence-corrected chi connectivity index (χ0v) is 15.5. The molecule has 0 fully saturated rings. The number of hydrogen-bond acceptors (Lipinski definition) is 0. The van der Waals surface area contributed by atoms with E-state index in [2.05, 4.69) is 31.2 Å². The van der Waals surface area contributed by atoms with Crippen molar-refractivity contribution in [3.8, 4) is 0 Å². The molecule has 0 N–H and O–H groups in total. The third kappa shape index (κ3) is 36.0. The Morgan fingerprint density at radius 3 is 1.17 bits per heavy atom. The van der Waals surface area contributed by atoms with Gasteiger partial charge in [-0.15, -0.1) is 12.8 Å². The molecular weight excluding hydrogens is 311 g/mol. The van der Waals surface area contributed by atoms with Gasteiger partial charge < -0.3 is 12.8 Å². The first kappa shape index (κ1) is 23.2. The molecular formula is C16H24SiZr-4. The summed E-state index contributed by atoms with van der Waals surface area (Å²) in [6, 6.07) is 0. The maximum atomic E-state index is 3.06. The molecule has 18 heavy (non-hydrogen) atoms. The molecule has 100 valence electrons. The number of allylic oxidation sites excluding steroid dienone is 8. The van der Waals surface area contributed by atoms with Crippen LogP contribution in [-0.2, 0) is 23.3 Å². The van der Waals surface area contributed by atoms with E-state index >= 15 is 0 Å². The summed E-state index contributed by atoms with van der Waals surface area (Å²) in [4.78, 5) is 0. The quantitative estimate of drug-likeness (QED) is 0.445. The average molecular weight is 336 g/mol. The van der Waals surface area contributed by atoms with Gasteiger partial charge in [-0.2, -0.15) is 39.8 Å². The van der Waals surface area contributed by atoms with Crippen molar-refractivity contribution in [3.05, 3.63) is 61.4 Å². The molecule has 0 spiro atoms. The van der Waals surface area contributed by atoms with Gasteiger partial charge in [0.15, 0.2) is 0 Å². The van der Waals surface area contributed by atoms with E-state index in [9.17, 15) is 0 Å². The van der Waals surface area contributed by atoms with Gasteiger partial charge in [0.05, 0.1) is 0 Å². The molecule has 0 bridgehead atoms. The van der Waals surface area contributed by atoms with Crippen molar-refractivity contribution in [1.82, 2.24) is 0 Å². The molecule has 2 radical (unpaired) electrons. The van der Waals surface area contributed by atoms with Crippen LogP contribution in [0.5, 0.6) is 0 Å². The third-order valence-corrected chi connectivity index (χ3v) is 1.17. The molecule has 2 aliphatic rings. The predicted octanol–water partition coefficient (Wildman–Crippen LogP) is 4.69. The summed E-state index contributed by atoms with van der Waals surface area (Å²) in [6.45, 7) is 11.1. The second-order valence-electron chi connectivity index (χ2n) is 3.16. The van der Waals surface area contributed by atoms with Gasteiger partial charge in [-0.25, -0.2) is 24.3 Å². The monoisotopic (exact) mass is 334 g/mol. The van der Waals surface area contributed by atoms with Gasteiger partial charge in [-0.3, -0.25) is 12.2 Å². The van der Waals surface area contributed by atoms with Crippen LogP contribution < -0.4 is 0 Å². The van der Waals surface area contributed by atoms with Crippen LogP contribution in [0.4, 0.5) is 0 Å². The fourth-order valence-corrected chi connectivity index (χ4v) is 0.680. The molecule has 0 saturated heterocycles. The molecule has 0 aromatic rings. The van der Waals surface area contributed by atoms with Crippen LogP contribution in [0, 0.1) is 25.0 Å². The zero-order chi connectivity index (χ0) is 14.5. The molecule has 2 aliphatic carbocycles. The summed E-state index contributed by atoms with van der Waals surface area (Å²) in [5.74, 6) is 0. The third-order valence-electron chi connectivity index (χ3n) is 1.17. The van der Waals surface area contributed by atoms with Gasteiger partial charge in [-0.1, -0.05) is 0 Å². The maximum absolute atomic E-state index is 3.06. The van der Waals surface area contributed by atoms with E-state index in [1.54, 1.807) is 0 Å². The van der Waals surface area contributed by atoms with Gasteiger partial charge >= 0.3 is 30.2 Å². The van der Waals surface area contributed by atoms with Crippen molar-refractivity contribution >= 4 is 6.88 Å². The Bertz CT molecular complexity index is 183. The minimum atomic E-state index is 1.01. The van der Waals surface area contributed by atoms with Gasteiger partial charge in [0.2, 0.25) is 0 Å². The molecule has 0 unspecified atom stereocenters. The molecule has 0 amide bonds. The van der Waals surface area contributed by atoms with Crippen molar-refractivity contribution in [2.75, 3.05) is 0 Å². The molecule has 2 heteroatoms. The summed E-state index contributed by atoms with van der Waals surface area (Å²) in [6.07, 6.45) is 24.0. The Labute approximate surface area is 132 Å². The average Bonchev–Trinajstić information content (AvgIpc) is 3.12. The number of rotatable bonds is 0. The fourth-order valence-electron chi connectivity index (χ4n) is 0.680. The van der Waals surface area contributed by atoms with Crippen LogP contribution in [0.15, 0.2) is 36.5 Å². The standard InChI is InChI=1S/2C5H5.2C3H7.Si.Zr/c2*1-2-4-5-3-1;2*1-3-2;;/h2*1-3H,4H2;2*3H,1-2H3;;/q4*-1;;. The molecule has 0 aromatic carbocycles. The normalized spacial score (nSPS) is 11.9. The van der Waals surface area contributed by atoms with Crippen molar-refractivity contribution in [3.63, 3.8) is 0 Å². The summed E-state index contributed by atoms with van der Waals surface area (Å²) in [5, 5.41) is 0. The van der Waals surface area contributed by atoms with E-state index in [1.165, 1.54) is 23.3 Å². The Morgan fingerprint density at radius 1 is 0.833 bits per heavy atom. The van der Waals surface area contributed by atoms with Crippen molar-refractivity contribution in [2.24, 2.45) is 0 Å². The number of hydrogen-bond donors (Lipinski definition) is 0. The molecule has 0 aliphatic heterocycles. The van der Waals surface area contributed by atoms with E-state index < -0.39 is 0 Å². The van der Waals surface area contributed by atoms with Crippen LogP contribution in [-0.4, -0.2) is 6.88 Å². The van der Waals surface area contributed by atoms with E-state index in [-0.39, 0.29) is 0 Å². The van der Waals surface area contributed by atoms with Crippen molar-refractivity contribution in [2.45, 2.75) is 40.5 Å². The minimum absolute atomic E-state index is 1.01. The zero-order valence-electron chi connectivity index (χ0n) is 12.0. The van der Waals surface area contributed by atoms with Gasteiger partial charge in [0.25, 0.3) is 0 Å². The van der Waals surface area contributed by atoms with Gasteiger partial charge in [0, 0.05) is 0 Å². The van der Waals surface area contributed by atoms with Crippen LogP contribution >= 0.6 is 0 Å². The molecule has 0 saturated carbocycles. The van der Waals surface area contributed by atoms with Crippen molar-refractivity contribution in [1.29, 1.82) is 0 Å². The first-order chi connectivity index (χ1) is 8.83. The van der Waals surface area contributed by atoms with Crippen LogP contribution in [0.1, 0.15) is 40.5 Å². The Morgan fingerprint density at radius 2 is 1.11 bits per heavy atom. The molecule has 0 nitrogen and oxygen atoms in total. The first-order valence-electron chi connectivity index (χ1n) is 5.99. The SMILES string of the molecule is C[CH-]C.C[CH-]C.[C-]1=CC=CC1.[C-]1=CC=CC1.[Si]=[Zr]. The fraction of sp³-hybridized carbons (Fsp3) is 0.375. The summed E-state index contributed by atoms with van der Waals surface area (Å²) >= 11 is 1.36. The molecule has 2 rings (SSSR count).